The molecule has 2 aromatic carbocycles. The summed E-state index contributed by atoms with van der Waals surface area (Å²) in [5.74, 6) is -0.686. The van der Waals surface area contributed by atoms with Crippen LogP contribution in [0.5, 0.6) is 5.88 Å². The highest BCUT2D eigenvalue weighted by molar-refractivity contribution is 7.87. The van der Waals surface area contributed by atoms with Crippen LogP contribution in [-0.2, 0) is 10.1 Å². The molecule has 0 atom stereocenters. The van der Waals surface area contributed by atoms with Crippen LogP contribution in [0.4, 0.5) is 17.2 Å². The highest BCUT2D eigenvalue weighted by atomic mass is 32.2. The second kappa shape index (κ2) is 8.31. The number of benzene rings is 2. The van der Waals surface area contributed by atoms with Gasteiger partial charge in [0, 0.05) is 5.69 Å². The topological polar surface area (TPSA) is 124 Å². The lowest BCUT2D eigenvalue weighted by Gasteiger charge is -2.15. The largest absolute Gasteiger partial charge is 0.374 e. The van der Waals surface area contributed by atoms with Gasteiger partial charge in [0.2, 0.25) is 5.82 Å². The molecule has 3 rings (SSSR count). The molecule has 3 aromatic rings. The fourth-order valence-corrected chi connectivity index (χ4v) is 4.09. The van der Waals surface area contributed by atoms with Gasteiger partial charge >= 0.3 is 21.7 Å². The van der Waals surface area contributed by atoms with Gasteiger partial charge in [-0.1, -0.05) is 35.4 Å². The zero-order chi connectivity index (χ0) is 22.9. The Bertz CT molecular complexity index is 1250. The van der Waals surface area contributed by atoms with Crippen molar-refractivity contribution in [3.8, 4) is 5.88 Å². The first-order chi connectivity index (χ1) is 14.5. The lowest BCUT2D eigenvalue weighted by Crippen LogP contribution is -2.14. The minimum absolute atomic E-state index is 0.115. The van der Waals surface area contributed by atoms with Gasteiger partial charge in [-0.3, -0.25) is 10.1 Å². The molecule has 0 aliphatic heterocycles. The van der Waals surface area contributed by atoms with E-state index in [1.807, 2.05) is 39.8 Å². The van der Waals surface area contributed by atoms with Crippen LogP contribution >= 0.6 is 0 Å². The van der Waals surface area contributed by atoms with Gasteiger partial charge in [-0.25, -0.2) is 4.98 Å². The van der Waals surface area contributed by atoms with Crippen molar-refractivity contribution in [2.75, 3.05) is 5.32 Å². The summed E-state index contributed by atoms with van der Waals surface area (Å²) >= 11 is 0. The Kier molecular flexibility index (Phi) is 5.94. The fourth-order valence-electron chi connectivity index (χ4n) is 3.20. The van der Waals surface area contributed by atoms with E-state index in [-0.39, 0.29) is 16.5 Å². The van der Waals surface area contributed by atoms with Crippen LogP contribution < -0.4 is 9.50 Å². The Morgan fingerprint density at radius 3 is 2.06 bits per heavy atom. The first-order valence-electron chi connectivity index (χ1n) is 9.37. The van der Waals surface area contributed by atoms with Gasteiger partial charge in [-0.15, -0.1) is 0 Å². The van der Waals surface area contributed by atoms with E-state index >= 15 is 0 Å². The second-order valence-corrected chi connectivity index (χ2v) is 8.83. The van der Waals surface area contributed by atoms with Gasteiger partial charge in [0.25, 0.3) is 0 Å². The number of anilines is 2. The van der Waals surface area contributed by atoms with Gasteiger partial charge in [0.15, 0.2) is 0 Å². The number of hydrogen-bond acceptors (Lipinski definition) is 8. The van der Waals surface area contributed by atoms with Crippen LogP contribution in [0.2, 0.25) is 0 Å². The van der Waals surface area contributed by atoms with Crippen molar-refractivity contribution < 1.29 is 17.5 Å². The Hall–Kier alpha value is -3.53. The van der Waals surface area contributed by atoms with Crippen LogP contribution in [0.15, 0.2) is 41.3 Å². The number of nitro groups is 1. The van der Waals surface area contributed by atoms with Gasteiger partial charge in [-0.05, 0) is 57.9 Å². The summed E-state index contributed by atoms with van der Waals surface area (Å²) in [6, 6.07) is 9.78. The molecule has 0 radical (unpaired) electrons. The zero-order valence-corrected chi connectivity index (χ0v) is 18.6. The van der Waals surface area contributed by atoms with Crippen molar-refractivity contribution in [2.24, 2.45) is 0 Å². The van der Waals surface area contributed by atoms with Crippen LogP contribution in [0.25, 0.3) is 0 Å². The maximum atomic E-state index is 12.7. The fraction of sp³-hybridized carbons (Fsp3) is 0.238. The predicted octanol–water partition coefficient (Wildman–Crippen LogP) is 4.44. The summed E-state index contributed by atoms with van der Waals surface area (Å²) < 4.78 is 30.5. The van der Waals surface area contributed by atoms with Gasteiger partial charge in [0.1, 0.15) is 10.7 Å². The van der Waals surface area contributed by atoms with E-state index in [1.54, 1.807) is 12.1 Å². The molecular formula is C21H22N4O5S. The highest BCUT2D eigenvalue weighted by Gasteiger charge is 2.31. The third-order valence-electron chi connectivity index (χ3n) is 4.57. The number of nitrogens with zero attached hydrogens (tertiary/aromatic N) is 3. The van der Waals surface area contributed by atoms with Crippen molar-refractivity contribution in [2.45, 2.75) is 39.5 Å². The van der Waals surface area contributed by atoms with Gasteiger partial charge in [-0.2, -0.15) is 13.4 Å². The Morgan fingerprint density at radius 1 is 0.935 bits per heavy atom. The molecular weight excluding hydrogens is 420 g/mol. The average Bonchev–Trinajstić information content (AvgIpc) is 2.64. The highest BCUT2D eigenvalue weighted by Crippen LogP contribution is 2.36. The summed E-state index contributed by atoms with van der Waals surface area (Å²) in [7, 11) is -4.34. The molecule has 0 unspecified atom stereocenters. The number of hydrogen-bond donors (Lipinski definition) is 1. The van der Waals surface area contributed by atoms with Crippen LogP contribution in [-0.4, -0.2) is 23.3 Å². The molecule has 0 fully saturated rings. The molecule has 0 spiro atoms. The summed E-state index contributed by atoms with van der Waals surface area (Å²) in [5, 5.41) is 14.8. The molecule has 10 heteroatoms. The molecule has 0 saturated heterocycles. The minimum Gasteiger partial charge on any atom is -0.350 e. The first-order valence-corrected chi connectivity index (χ1v) is 10.8. The SMILES string of the molecule is Cc1ccc(S(=O)(=O)Oc2nc(C)nc(Nc3c(C)cc(C)cc3C)c2[N+](=O)[O-])cc1. The molecule has 1 aromatic heterocycles. The summed E-state index contributed by atoms with van der Waals surface area (Å²) in [6.45, 7) is 8.98. The van der Waals surface area contributed by atoms with Crippen LogP contribution in [0.1, 0.15) is 28.1 Å². The van der Waals surface area contributed by atoms with Crippen molar-refractivity contribution in [1.29, 1.82) is 0 Å². The Balaban J connectivity index is 2.10. The van der Waals surface area contributed by atoms with Gasteiger partial charge in [0.05, 0.1) is 4.92 Å². The van der Waals surface area contributed by atoms with Crippen molar-refractivity contribution in [3.05, 3.63) is 74.6 Å². The predicted molar refractivity (Wildman–Crippen MR) is 116 cm³/mol. The molecule has 1 heterocycles. The van der Waals surface area contributed by atoms with E-state index in [1.165, 1.54) is 19.1 Å². The van der Waals surface area contributed by atoms with E-state index in [0.29, 0.717) is 5.69 Å². The minimum atomic E-state index is -4.34. The molecule has 162 valence electrons. The molecule has 0 amide bonds. The monoisotopic (exact) mass is 442 g/mol. The molecule has 0 bridgehead atoms. The number of aromatic nitrogens is 2. The molecule has 1 N–H and O–H groups in total. The molecule has 0 aliphatic carbocycles. The van der Waals surface area contributed by atoms with E-state index in [2.05, 4.69) is 15.3 Å². The summed E-state index contributed by atoms with van der Waals surface area (Å²) in [5.41, 5.74) is 3.59. The molecule has 31 heavy (non-hydrogen) atoms. The van der Waals surface area contributed by atoms with Gasteiger partial charge < -0.3 is 9.50 Å². The lowest BCUT2D eigenvalue weighted by molar-refractivity contribution is -0.385. The third kappa shape index (κ3) is 4.80. The number of aryl methyl sites for hydroxylation is 5. The zero-order valence-electron chi connectivity index (χ0n) is 17.8. The number of nitrogens with one attached hydrogen (secondary N) is 1. The molecule has 9 nitrogen and oxygen atoms in total. The van der Waals surface area contributed by atoms with Crippen molar-refractivity contribution >= 4 is 27.3 Å². The summed E-state index contributed by atoms with van der Waals surface area (Å²) in [4.78, 5) is 19.0. The van der Waals surface area contributed by atoms with Crippen molar-refractivity contribution in [3.63, 3.8) is 0 Å². The van der Waals surface area contributed by atoms with E-state index in [0.717, 1.165) is 22.3 Å². The molecule has 0 aliphatic rings. The summed E-state index contributed by atoms with van der Waals surface area (Å²) in [6.07, 6.45) is 0. The smallest absolute Gasteiger partial charge is 0.350 e. The Morgan fingerprint density at radius 2 is 1.52 bits per heavy atom. The van der Waals surface area contributed by atoms with E-state index < -0.39 is 26.6 Å². The molecule has 0 saturated carbocycles. The quantitative estimate of drug-likeness (QED) is 0.337. The normalized spacial score (nSPS) is 11.3. The maximum Gasteiger partial charge on any atom is 0.374 e. The lowest BCUT2D eigenvalue weighted by atomic mass is 10.1. The van der Waals surface area contributed by atoms with E-state index in [4.69, 9.17) is 4.18 Å². The Labute approximate surface area is 180 Å². The van der Waals surface area contributed by atoms with Crippen LogP contribution in [0, 0.1) is 44.7 Å². The maximum absolute atomic E-state index is 12.7. The number of rotatable bonds is 6. The van der Waals surface area contributed by atoms with E-state index in [9.17, 15) is 18.5 Å². The van der Waals surface area contributed by atoms with Crippen LogP contribution in [0.3, 0.4) is 0 Å². The standard InChI is InChI=1S/C21H22N4O5S/c1-12-6-8-17(9-7-12)31(28,29)30-21-19(25(26)27)20(22-16(5)23-21)24-18-14(3)10-13(2)11-15(18)4/h6-11H,1-5H3,(H,22,23,24). The third-order valence-corrected chi connectivity index (χ3v) is 5.79. The van der Waals surface area contributed by atoms with Crippen molar-refractivity contribution in [1.82, 2.24) is 9.97 Å². The first kappa shape index (κ1) is 22.2. The second-order valence-electron chi connectivity index (χ2n) is 7.28. The average molecular weight is 442 g/mol.